The van der Waals surface area contributed by atoms with Crippen LogP contribution in [0.3, 0.4) is 0 Å². The Morgan fingerprint density at radius 3 is 2.50 bits per heavy atom. The van der Waals surface area contributed by atoms with Crippen molar-refractivity contribution in [1.29, 1.82) is 5.26 Å². The molecule has 124 valence electrons. The van der Waals surface area contributed by atoms with Gasteiger partial charge < -0.3 is 4.90 Å². The Hall–Kier alpha value is -2.38. The number of nitrogens with zero attached hydrogens (tertiary/aromatic N) is 3. The molecule has 0 aromatic heterocycles. The van der Waals surface area contributed by atoms with Gasteiger partial charge in [0.25, 0.3) is 0 Å². The Balaban J connectivity index is 1.73. The molecule has 1 heterocycles. The summed E-state index contributed by atoms with van der Waals surface area (Å²) >= 11 is 0. The lowest BCUT2D eigenvalue weighted by Crippen LogP contribution is -2.56. The fourth-order valence-corrected chi connectivity index (χ4v) is 3.37. The second kappa shape index (κ2) is 7.02. The Bertz CT molecular complexity index is 738. The van der Waals surface area contributed by atoms with E-state index < -0.39 is 5.82 Å². The van der Waals surface area contributed by atoms with E-state index in [1.165, 1.54) is 11.6 Å². The Kier molecular flexibility index (Phi) is 4.82. The zero-order valence-corrected chi connectivity index (χ0v) is 14.1. The molecule has 1 saturated heterocycles. The van der Waals surface area contributed by atoms with Crippen LogP contribution in [0.15, 0.2) is 48.5 Å². The molecule has 1 fully saturated rings. The molecule has 3 nitrogen and oxygen atoms in total. The molecular formula is C20H22FN3. The van der Waals surface area contributed by atoms with Crippen molar-refractivity contribution < 1.29 is 4.39 Å². The van der Waals surface area contributed by atoms with E-state index >= 15 is 0 Å². The van der Waals surface area contributed by atoms with Gasteiger partial charge in [0.2, 0.25) is 0 Å². The van der Waals surface area contributed by atoms with Crippen molar-refractivity contribution in [2.24, 2.45) is 0 Å². The molecule has 2 aromatic carbocycles. The predicted octanol–water partition coefficient (Wildman–Crippen LogP) is 3.80. The third kappa shape index (κ3) is 3.42. The fraction of sp³-hybridized carbons (Fsp3) is 0.350. The average molecular weight is 323 g/mol. The number of benzene rings is 2. The fourth-order valence-electron chi connectivity index (χ4n) is 3.37. The van der Waals surface area contributed by atoms with Crippen LogP contribution in [-0.2, 0) is 6.54 Å². The molecule has 0 aliphatic carbocycles. The summed E-state index contributed by atoms with van der Waals surface area (Å²) in [6, 6.07) is 17.9. The van der Waals surface area contributed by atoms with Crippen LogP contribution in [0.25, 0.3) is 0 Å². The minimum absolute atomic E-state index is 0.0992. The highest BCUT2D eigenvalue weighted by Gasteiger charge is 2.29. The van der Waals surface area contributed by atoms with E-state index in [4.69, 9.17) is 5.26 Å². The largest absolute Gasteiger partial charge is 0.366 e. The average Bonchev–Trinajstić information content (AvgIpc) is 2.58. The van der Waals surface area contributed by atoms with Crippen molar-refractivity contribution >= 4 is 5.69 Å². The number of piperazine rings is 1. The maximum atomic E-state index is 13.9. The summed E-state index contributed by atoms with van der Waals surface area (Å²) in [5.41, 5.74) is 2.27. The van der Waals surface area contributed by atoms with Gasteiger partial charge in [-0.05, 0) is 37.6 Å². The lowest BCUT2D eigenvalue weighted by Gasteiger charge is -2.45. The molecule has 0 spiro atoms. The van der Waals surface area contributed by atoms with Gasteiger partial charge in [-0.25, -0.2) is 4.39 Å². The van der Waals surface area contributed by atoms with Crippen LogP contribution >= 0.6 is 0 Å². The second-order valence-corrected chi connectivity index (χ2v) is 6.54. The van der Waals surface area contributed by atoms with E-state index in [1.807, 2.05) is 18.2 Å². The quantitative estimate of drug-likeness (QED) is 0.861. The summed E-state index contributed by atoms with van der Waals surface area (Å²) < 4.78 is 13.9. The van der Waals surface area contributed by atoms with Crippen LogP contribution in [0.5, 0.6) is 0 Å². The zero-order valence-electron chi connectivity index (χ0n) is 14.1. The van der Waals surface area contributed by atoms with Crippen LogP contribution in [0.4, 0.5) is 10.1 Å². The third-order valence-corrected chi connectivity index (χ3v) is 4.75. The van der Waals surface area contributed by atoms with Crippen molar-refractivity contribution in [1.82, 2.24) is 4.90 Å². The number of rotatable bonds is 3. The Morgan fingerprint density at radius 2 is 1.83 bits per heavy atom. The molecule has 24 heavy (non-hydrogen) atoms. The molecule has 3 rings (SSSR count). The van der Waals surface area contributed by atoms with Gasteiger partial charge >= 0.3 is 0 Å². The van der Waals surface area contributed by atoms with E-state index in [2.05, 4.69) is 47.9 Å². The van der Waals surface area contributed by atoms with Gasteiger partial charge in [0, 0.05) is 37.4 Å². The summed E-state index contributed by atoms with van der Waals surface area (Å²) in [6.07, 6.45) is 0. The maximum absolute atomic E-state index is 13.9. The molecular weight excluding hydrogens is 301 g/mol. The molecule has 0 bridgehead atoms. The highest BCUT2D eigenvalue weighted by molar-refractivity contribution is 5.52. The van der Waals surface area contributed by atoms with Gasteiger partial charge in [-0.3, -0.25) is 4.90 Å². The van der Waals surface area contributed by atoms with E-state index in [0.29, 0.717) is 6.04 Å². The van der Waals surface area contributed by atoms with Crippen molar-refractivity contribution in [2.45, 2.75) is 32.5 Å². The van der Waals surface area contributed by atoms with Crippen LogP contribution in [-0.4, -0.2) is 30.1 Å². The zero-order chi connectivity index (χ0) is 17.1. The summed E-state index contributed by atoms with van der Waals surface area (Å²) in [7, 11) is 0. The summed E-state index contributed by atoms with van der Waals surface area (Å²) in [6.45, 7) is 7.08. The predicted molar refractivity (Wildman–Crippen MR) is 94.2 cm³/mol. The lowest BCUT2D eigenvalue weighted by atomic mass is 10.0. The molecule has 0 radical (unpaired) electrons. The Labute approximate surface area is 142 Å². The van der Waals surface area contributed by atoms with Gasteiger partial charge in [0.15, 0.2) is 0 Å². The molecule has 0 saturated carbocycles. The lowest BCUT2D eigenvalue weighted by molar-refractivity contribution is 0.158. The van der Waals surface area contributed by atoms with Crippen molar-refractivity contribution in [3.05, 3.63) is 65.5 Å². The first-order valence-electron chi connectivity index (χ1n) is 8.32. The maximum Gasteiger partial charge on any atom is 0.143 e. The number of hydrogen-bond acceptors (Lipinski definition) is 3. The number of halogens is 1. The van der Waals surface area contributed by atoms with E-state index in [-0.39, 0.29) is 11.6 Å². The number of anilines is 1. The van der Waals surface area contributed by atoms with Crippen molar-refractivity contribution in [2.75, 3.05) is 18.0 Å². The molecule has 0 amide bonds. The summed E-state index contributed by atoms with van der Waals surface area (Å²) in [5, 5.41) is 8.88. The normalized spacial score (nSPS) is 21.5. The second-order valence-electron chi connectivity index (χ2n) is 6.54. The van der Waals surface area contributed by atoms with E-state index in [9.17, 15) is 4.39 Å². The molecule has 2 atom stereocenters. The van der Waals surface area contributed by atoms with Crippen LogP contribution < -0.4 is 4.90 Å². The van der Waals surface area contributed by atoms with Gasteiger partial charge in [0.05, 0.1) is 5.56 Å². The molecule has 1 aliphatic rings. The third-order valence-electron chi connectivity index (χ3n) is 4.75. The van der Waals surface area contributed by atoms with Crippen molar-refractivity contribution in [3.8, 4) is 6.07 Å². The molecule has 0 N–H and O–H groups in total. The first-order valence-corrected chi connectivity index (χ1v) is 8.32. The van der Waals surface area contributed by atoms with Crippen LogP contribution in [0.2, 0.25) is 0 Å². The van der Waals surface area contributed by atoms with Gasteiger partial charge in [-0.15, -0.1) is 0 Å². The first kappa shape index (κ1) is 16.5. The minimum Gasteiger partial charge on any atom is -0.366 e. The van der Waals surface area contributed by atoms with Crippen molar-refractivity contribution in [3.63, 3.8) is 0 Å². The molecule has 1 aliphatic heterocycles. The molecule has 2 aromatic rings. The van der Waals surface area contributed by atoms with Gasteiger partial charge in [0.1, 0.15) is 11.9 Å². The van der Waals surface area contributed by atoms with E-state index in [1.54, 1.807) is 6.07 Å². The monoisotopic (exact) mass is 323 g/mol. The summed E-state index contributed by atoms with van der Waals surface area (Å²) in [5.74, 6) is -0.443. The molecule has 4 heteroatoms. The SMILES string of the molecule is C[C@@H]1CN(c2ccc(C#N)c(F)c2)[C@H](C)CN1Cc1ccccc1. The highest BCUT2D eigenvalue weighted by atomic mass is 19.1. The van der Waals surface area contributed by atoms with E-state index in [0.717, 1.165) is 25.3 Å². The minimum atomic E-state index is -0.443. The standard InChI is InChI=1S/C20H22FN3/c1-15-13-24(19-9-8-18(11-22)20(21)10-19)16(2)12-23(15)14-17-6-4-3-5-7-17/h3-10,15-16H,12-14H2,1-2H3/t15-,16-/m1/s1. The van der Waals surface area contributed by atoms with Crippen LogP contribution in [0, 0.1) is 17.1 Å². The molecule has 0 unspecified atom stereocenters. The topological polar surface area (TPSA) is 30.3 Å². The van der Waals surface area contributed by atoms with Gasteiger partial charge in [-0.1, -0.05) is 30.3 Å². The summed E-state index contributed by atoms with van der Waals surface area (Å²) in [4.78, 5) is 4.70. The van der Waals surface area contributed by atoms with Gasteiger partial charge in [-0.2, -0.15) is 5.26 Å². The highest BCUT2D eigenvalue weighted by Crippen LogP contribution is 2.26. The number of nitriles is 1. The van der Waals surface area contributed by atoms with Crippen LogP contribution in [0.1, 0.15) is 25.0 Å². The number of hydrogen-bond donors (Lipinski definition) is 0. The first-order chi connectivity index (χ1) is 11.6. The Morgan fingerprint density at radius 1 is 1.08 bits per heavy atom. The smallest absolute Gasteiger partial charge is 0.143 e.